The molecule has 0 aromatic heterocycles. The van der Waals surface area contributed by atoms with Gasteiger partial charge in [0.15, 0.2) is 0 Å². The van der Waals surface area contributed by atoms with E-state index in [4.69, 9.17) is 10.00 Å². The molecule has 0 spiro atoms. The molecule has 0 unspecified atom stereocenters. The molecule has 0 saturated heterocycles. The highest BCUT2D eigenvalue weighted by Gasteiger charge is 2.18. The molecule has 0 radical (unpaired) electrons. The zero-order chi connectivity index (χ0) is 11.4. The lowest BCUT2D eigenvalue weighted by atomic mass is 10.1. The van der Waals surface area contributed by atoms with Crippen LogP contribution in [0.5, 0.6) is 5.75 Å². The molecule has 0 bridgehead atoms. The summed E-state index contributed by atoms with van der Waals surface area (Å²) in [4.78, 5) is 10.2. The average Bonchev–Trinajstić information content (AvgIpc) is 2.20. The number of nitro benzene ring substituents is 1. The first-order valence-corrected chi connectivity index (χ1v) is 4.77. The van der Waals surface area contributed by atoms with Crippen LogP contribution in [-0.2, 0) is 6.42 Å². The maximum Gasteiger partial charge on any atom is 0.278 e. The van der Waals surface area contributed by atoms with Gasteiger partial charge in [-0.1, -0.05) is 15.9 Å². The first-order valence-electron chi connectivity index (χ1n) is 3.98. The monoisotopic (exact) mass is 270 g/mol. The Labute approximate surface area is 94.6 Å². The highest BCUT2D eigenvalue weighted by atomic mass is 79.9. The number of hydrogen-bond donors (Lipinski definition) is 0. The van der Waals surface area contributed by atoms with E-state index in [-0.39, 0.29) is 12.1 Å². The second-order valence-electron chi connectivity index (χ2n) is 2.70. The molecule has 0 atom stereocenters. The van der Waals surface area contributed by atoms with Crippen molar-refractivity contribution < 1.29 is 9.66 Å². The summed E-state index contributed by atoms with van der Waals surface area (Å²) >= 11 is 3.17. The zero-order valence-corrected chi connectivity index (χ0v) is 9.44. The molecule has 1 rings (SSSR count). The number of halogens is 1. The van der Waals surface area contributed by atoms with Gasteiger partial charge in [-0.15, -0.1) is 0 Å². The number of hydrogen-bond acceptors (Lipinski definition) is 4. The standard InChI is InChI=1S/C9H7BrN2O3/c1-15-6-4-8(10)7(2-3-11)9(5-6)12(13)14/h4-5H,2H2,1H3. The van der Waals surface area contributed by atoms with Crippen molar-refractivity contribution in [3.8, 4) is 11.8 Å². The largest absolute Gasteiger partial charge is 0.496 e. The van der Waals surface area contributed by atoms with Gasteiger partial charge in [0.1, 0.15) is 5.75 Å². The van der Waals surface area contributed by atoms with Gasteiger partial charge in [-0.25, -0.2) is 0 Å². The van der Waals surface area contributed by atoms with Gasteiger partial charge in [0, 0.05) is 4.47 Å². The maximum absolute atomic E-state index is 10.7. The molecule has 1 aromatic rings. The Bertz CT molecular complexity index is 440. The molecule has 0 aliphatic heterocycles. The van der Waals surface area contributed by atoms with Crippen molar-refractivity contribution in [1.82, 2.24) is 0 Å². The van der Waals surface area contributed by atoms with Crippen LogP contribution in [0, 0.1) is 21.4 Å². The number of rotatable bonds is 3. The van der Waals surface area contributed by atoms with Crippen molar-refractivity contribution >= 4 is 21.6 Å². The van der Waals surface area contributed by atoms with Gasteiger partial charge in [-0.05, 0) is 6.07 Å². The van der Waals surface area contributed by atoms with Crippen LogP contribution in [0.15, 0.2) is 16.6 Å². The van der Waals surface area contributed by atoms with Gasteiger partial charge in [0.25, 0.3) is 5.69 Å². The number of methoxy groups -OCH3 is 1. The molecule has 0 amide bonds. The zero-order valence-electron chi connectivity index (χ0n) is 7.86. The molecule has 0 N–H and O–H groups in total. The van der Waals surface area contributed by atoms with Crippen molar-refractivity contribution in [2.45, 2.75) is 6.42 Å². The van der Waals surface area contributed by atoms with Crippen LogP contribution in [0.4, 0.5) is 5.69 Å². The quantitative estimate of drug-likeness (QED) is 0.624. The number of nitrogens with zero attached hydrogens (tertiary/aromatic N) is 2. The maximum atomic E-state index is 10.7. The number of benzene rings is 1. The summed E-state index contributed by atoms with van der Waals surface area (Å²) in [5.74, 6) is 0.385. The second-order valence-corrected chi connectivity index (χ2v) is 3.55. The van der Waals surface area contributed by atoms with E-state index in [1.807, 2.05) is 6.07 Å². The molecule has 0 aliphatic carbocycles. The fourth-order valence-electron chi connectivity index (χ4n) is 1.13. The van der Waals surface area contributed by atoms with E-state index < -0.39 is 4.92 Å². The first kappa shape index (κ1) is 11.5. The Morgan fingerprint density at radius 3 is 2.80 bits per heavy atom. The summed E-state index contributed by atoms with van der Waals surface area (Å²) in [5.41, 5.74) is 0.256. The van der Waals surface area contributed by atoms with Crippen LogP contribution in [0.2, 0.25) is 0 Å². The highest BCUT2D eigenvalue weighted by molar-refractivity contribution is 9.10. The van der Waals surface area contributed by atoms with E-state index in [9.17, 15) is 10.1 Å². The second kappa shape index (κ2) is 4.75. The third kappa shape index (κ3) is 2.44. The SMILES string of the molecule is COc1cc(Br)c(CC#N)c([N+](=O)[O-])c1. The van der Waals surface area contributed by atoms with Crippen LogP contribution in [0.1, 0.15) is 5.56 Å². The Balaban J connectivity index is 3.36. The molecule has 0 heterocycles. The molecular formula is C9H7BrN2O3. The van der Waals surface area contributed by atoms with Crippen LogP contribution < -0.4 is 4.74 Å². The Hall–Kier alpha value is -1.61. The van der Waals surface area contributed by atoms with E-state index in [2.05, 4.69) is 15.9 Å². The minimum Gasteiger partial charge on any atom is -0.496 e. The van der Waals surface area contributed by atoms with E-state index in [1.165, 1.54) is 13.2 Å². The van der Waals surface area contributed by atoms with Crippen LogP contribution in [0.25, 0.3) is 0 Å². The summed E-state index contributed by atoms with van der Waals surface area (Å²) < 4.78 is 5.41. The lowest BCUT2D eigenvalue weighted by molar-refractivity contribution is -0.385. The van der Waals surface area contributed by atoms with E-state index >= 15 is 0 Å². The van der Waals surface area contributed by atoms with Crippen LogP contribution >= 0.6 is 15.9 Å². The molecule has 0 saturated carbocycles. The lowest BCUT2D eigenvalue weighted by Crippen LogP contribution is -1.97. The molecule has 78 valence electrons. The van der Waals surface area contributed by atoms with Crippen molar-refractivity contribution in [2.24, 2.45) is 0 Å². The fourth-order valence-corrected chi connectivity index (χ4v) is 1.70. The third-order valence-corrected chi connectivity index (χ3v) is 2.54. The molecule has 0 aliphatic rings. The van der Waals surface area contributed by atoms with Crippen LogP contribution in [0.3, 0.4) is 0 Å². The van der Waals surface area contributed by atoms with Crippen molar-refractivity contribution in [3.05, 3.63) is 32.3 Å². The van der Waals surface area contributed by atoms with Gasteiger partial charge in [-0.2, -0.15) is 5.26 Å². The molecular weight excluding hydrogens is 264 g/mol. The van der Waals surface area contributed by atoms with Gasteiger partial charge in [0.2, 0.25) is 0 Å². The van der Waals surface area contributed by atoms with E-state index in [0.717, 1.165) is 0 Å². The first-order chi connectivity index (χ1) is 7.10. The van der Waals surface area contributed by atoms with Gasteiger partial charge in [0.05, 0.1) is 36.2 Å². The summed E-state index contributed by atoms with van der Waals surface area (Å²) in [5, 5.41) is 19.3. The lowest BCUT2D eigenvalue weighted by Gasteiger charge is -2.05. The summed E-state index contributed by atoms with van der Waals surface area (Å²) in [6, 6.07) is 4.78. The number of nitro groups is 1. The predicted octanol–water partition coefficient (Wildman–Crippen LogP) is 2.43. The predicted molar refractivity (Wildman–Crippen MR) is 56.7 cm³/mol. The molecule has 1 aromatic carbocycles. The molecule has 6 heteroatoms. The normalized spacial score (nSPS) is 9.40. The minimum atomic E-state index is -0.528. The Morgan fingerprint density at radius 2 is 2.33 bits per heavy atom. The van der Waals surface area contributed by atoms with Crippen molar-refractivity contribution in [1.29, 1.82) is 5.26 Å². The van der Waals surface area contributed by atoms with Gasteiger partial charge >= 0.3 is 0 Å². The number of ether oxygens (including phenoxy) is 1. The minimum absolute atomic E-state index is 0.0130. The number of nitriles is 1. The highest BCUT2D eigenvalue weighted by Crippen LogP contribution is 2.32. The van der Waals surface area contributed by atoms with Crippen molar-refractivity contribution in [2.75, 3.05) is 7.11 Å². The van der Waals surface area contributed by atoms with Gasteiger partial charge < -0.3 is 4.74 Å². The molecule has 0 fully saturated rings. The molecule has 5 nitrogen and oxygen atoms in total. The third-order valence-electron chi connectivity index (χ3n) is 1.83. The topological polar surface area (TPSA) is 76.2 Å². The fraction of sp³-hybridized carbons (Fsp3) is 0.222. The summed E-state index contributed by atoms with van der Waals surface area (Å²) in [6.45, 7) is 0. The Kier molecular flexibility index (Phi) is 3.63. The summed E-state index contributed by atoms with van der Waals surface area (Å²) in [7, 11) is 1.43. The summed E-state index contributed by atoms with van der Waals surface area (Å²) in [6.07, 6.45) is -0.0130. The molecule has 15 heavy (non-hydrogen) atoms. The average molecular weight is 271 g/mol. The van der Waals surface area contributed by atoms with E-state index in [0.29, 0.717) is 15.8 Å². The Morgan fingerprint density at radius 1 is 1.67 bits per heavy atom. The van der Waals surface area contributed by atoms with Crippen molar-refractivity contribution in [3.63, 3.8) is 0 Å². The van der Waals surface area contributed by atoms with E-state index in [1.54, 1.807) is 6.07 Å². The van der Waals surface area contributed by atoms with Crippen LogP contribution in [-0.4, -0.2) is 12.0 Å². The van der Waals surface area contributed by atoms with Gasteiger partial charge in [-0.3, -0.25) is 10.1 Å². The smallest absolute Gasteiger partial charge is 0.278 e.